The maximum Gasteiger partial charge on any atom is 0.0998 e. The lowest BCUT2D eigenvalue weighted by Crippen LogP contribution is -2.15. The van der Waals surface area contributed by atoms with Gasteiger partial charge in [-0.3, -0.25) is 4.98 Å². The summed E-state index contributed by atoms with van der Waals surface area (Å²) in [4.78, 5) is 5.20. The topological polar surface area (TPSA) is 41.6 Å². The molecule has 0 saturated carbocycles. The molecule has 59 heavy (non-hydrogen) atoms. The molecule has 0 fully saturated rings. The van der Waals surface area contributed by atoms with E-state index >= 15 is 0 Å². The van der Waals surface area contributed by atoms with Crippen LogP contribution in [0.4, 0.5) is 0 Å². The second-order valence-electron chi connectivity index (χ2n) is 14.7. The van der Waals surface area contributed by atoms with Crippen molar-refractivity contribution in [1.82, 2.24) is 9.55 Å². The van der Waals surface area contributed by atoms with Crippen molar-refractivity contribution in [2.75, 3.05) is 0 Å². The van der Waals surface area contributed by atoms with Crippen LogP contribution < -0.4 is 0 Å². The lowest BCUT2D eigenvalue weighted by molar-refractivity contribution is 0.640. The summed E-state index contributed by atoms with van der Waals surface area (Å²) in [6.45, 7) is 22.9. The first-order chi connectivity index (χ1) is 28.9. The minimum atomic E-state index is -0.105. The van der Waals surface area contributed by atoms with Crippen LogP contribution in [0, 0.1) is 11.3 Å². The lowest BCUT2D eigenvalue weighted by atomic mass is 9.81. The van der Waals surface area contributed by atoms with E-state index in [9.17, 15) is 5.26 Å². The molecule has 0 spiro atoms. The third-order valence-corrected chi connectivity index (χ3v) is 11.4. The summed E-state index contributed by atoms with van der Waals surface area (Å²) >= 11 is 0. The Bertz CT molecular complexity index is 2780. The van der Waals surface area contributed by atoms with E-state index in [1.54, 1.807) is 0 Å². The Balaban J connectivity index is 0.000000934. The van der Waals surface area contributed by atoms with Gasteiger partial charge in [-0.2, -0.15) is 5.26 Å². The molecular weight excluding hydrogens is 715 g/mol. The van der Waals surface area contributed by atoms with Gasteiger partial charge in [0.05, 0.1) is 28.4 Å². The van der Waals surface area contributed by atoms with E-state index in [2.05, 4.69) is 147 Å². The summed E-state index contributed by atoms with van der Waals surface area (Å²) in [7, 11) is 0. The van der Waals surface area contributed by atoms with Crippen molar-refractivity contribution in [3.63, 3.8) is 0 Å². The predicted molar refractivity (Wildman–Crippen MR) is 256 cm³/mol. The van der Waals surface area contributed by atoms with Crippen LogP contribution in [-0.2, 0) is 11.8 Å². The molecule has 5 aromatic carbocycles. The Morgan fingerprint density at radius 3 is 2.12 bits per heavy atom. The van der Waals surface area contributed by atoms with Gasteiger partial charge in [0.2, 0.25) is 0 Å². The van der Waals surface area contributed by atoms with Crippen molar-refractivity contribution in [3.05, 3.63) is 180 Å². The van der Waals surface area contributed by atoms with E-state index in [0.29, 0.717) is 5.56 Å². The highest BCUT2D eigenvalue weighted by atomic mass is 15.0. The molecule has 0 bridgehead atoms. The average Bonchev–Trinajstić information content (AvgIpc) is 3.72. The number of hydrogen-bond acceptors (Lipinski definition) is 2. The van der Waals surface area contributed by atoms with E-state index < -0.39 is 0 Å². The lowest BCUT2D eigenvalue weighted by Gasteiger charge is -2.22. The predicted octanol–water partition coefficient (Wildman–Crippen LogP) is 15.9. The highest BCUT2D eigenvalue weighted by Gasteiger charge is 2.35. The second kappa shape index (κ2) is 18.4. The summed E-state index contributed by atoms with van der Waals surface area (Å²) in [5, 5.41) is 12.7. The number of benzene rings is 5. The molecule has 0 saturated heterocycles. The standard InChI is InChI=1S/C50H39N3.3C2H6/c1-5-6-19-38-32(2)50(3,4)45-28-44-41-22-13-15-24-48(41)53(49(44)30-43(38)45)37-26-35(39-20-11-10-18-34(39)31-51)25-36(27-37)42-29-47(33-16-8-7-9-17-33)52-46-23-14-12-21-40(42)46;3*1-2/h5-13,15-22,24-30H,1,14,23H2,2-4H3;3*1-2H3/b19-6-;;;. The quantitative estimate of drug-likeness (QED) is 0.158. The molecule has 3 heteroatoms. The summed E-state index contributed by atoms with van der Waals surface area (Å²) in [5.74, 6) is 0. The number of rotatable bonds is 6. The zero-order valence-electron chi connectivity index (χ0n) is 36.3. The van der Waals surface area contributed by atoms with Gasteiger partial charge < -0.3 is 4.57 Å². The Morgan fingerprint density at radius 2 is 1.39 bits per heavy atom. The maximum absolute atomic E-state index is 10.3. The minimum Gasteiger partial charge on any atom is -0.309 e. The first kappa shape index (κ1) is 42.1. The molecule has 0 N–H and O–H groups in total. The number of aryl methyl sites for hydroxylation is 1. The van der Waals surface area contributed by atoms with Gasteiger partial charge in [0.1, 0.15) is 0 Å². The maximum atomic E-state index is 10.3. The normalized spacial score (nSPS) is 13.4. The fourth-order valence-corrected chi connectivity index (χ4v) is 8.44. The Morgan fingerprint density at radius 1 is 0.712 bits per heavy atom. The summed E-state index contributed by atoms with van der Waals surface area (Å²) in [6, 6.07) is 43.5. The van der Waals surface area contributed by atoms with Crippen LogP contribution in [0.25, 0.3) is 72.7 Å². The molecule has 0 unspecified atom stereocenters. The smallest absolute Gasteiger partial charge is 0.0998 e. The molecule has 3 nitrogen and oxygen atoms in total. The first-order valence-corrected chi connectivity index (χ1v) is 21.4. The Hall–Kier alpha value is -6.50. The van der Waals surface area contributed by atoms with Gasteiger partial charge in [-0.1, -0.05) is 165 Å². The van der Waals surface area contributed by atoms with Crippen LogP contribution in [0.5, 0.6) is 0 Å². The summed E-state index contributed by atoms with van der Waals surface area (Å²) in [6.07, 6.45) is 12.5. The van der Waals surface area contributed by atoms with Crippen molar-refractivity contribution in [1.29, 1.82) is 5.26 Å². The SMILES string of the molecule is C=C/C=C\C1=C(C)C(C)(C)c2cc3c4ccccc4n(-c4cc(-c5ccccc5C#N)cc(-c5cc(-c6ccccc6)nc6c5C=CCC6)c4)c3cc21.CC.CC.CC. The van der Waals surface area contributed by atoms with E-state index in [1.807, 2.05) is 78.0 Å². The number of aromatic nitrogens is 2. The molecule has 0 amide bonds. The van der Waals surface area contributed by atoms with E-state index in [-0.39, 0.29) is 5.41 Å². The minimum absolute atomic E-state index is 0.105. The van der Waals surface area contributed by atoms with E-state index in [4.69, 9.17) is 4.98 Å². The number of nitrogens with zero attached hydrogens (tertiary/aromatic N) is 3. The summed E-state index contributed by atoms with van der Waals surface area (Å²) < 4.78 is 2.42. The fraction of sp³-hybridized carbons (Fsp3) is 0.214. The van der Waals surface area contributed by atoms with Crippen molar-refractivity contribution in [2.24, 2.45) is 0 Å². The average molecular weight is 772 g/mol. The molecule has 296 valence electrons. The number of nitriles is 1. The Labute approximate surface area is 352 Å². The van der Waals surface area contributed by atoms with Crippen LogP contribution >= 0.6 is 0 Å². The van der Waals surface area contributed by atoms with Gasteiger partial charge in [0.15, 0.2) is 0 Å². The van der Waals surface area contributed by atoms with Gasteiger partial charge in [0.25, 0.3) is 0 Å². The molecule has 9 rings (SSSR count). The highest BCUT2D eigenvalue weighted by Crippen LogP contribution is 2.49. The molecule has 2 aromatic heterocycles. The zero-order chi connectivity index (χ0) is 42.3. The van der Waals surface area contributed by atoms with Gasteiger partial charge in [-0.15, -0.1) is 0 Å². The molecule has 0 atom stereocenters. The van der Waals surface area contributed by atoms with Crippen LogP contribution in [0.15, 0.2) is 152 Å². The number of hydrogen-bond donors (Lipinski definition) is 0. The van der Waals surface area contributed by atoms with Crippen molar-refractivity contribution in [3.8, 4) is 45.3 Å². The van der Waals surface area contributed by atoms with Gasteiger partial charge >= 0.3 is 0 Å². The zero-order valence-corrected chi connectivity index (χ0v) is 36.3. The van der Waals surface area contributed by atoms with Gasteiger partial charge in [-0.25, -0.2) is 0 Å². The van der Waals surface area contributed by atoms with Crippen molar-refractivity contribution in [2.45, 2.75) is 80.6 Å². The van der Waals surface area contributed by atoms with Crippen LogP contribution in [0.2, 0.25) is 0 Å². The van der Waals surface area contributed by atoms with Crippen molar-refractivity contribution < 1.29 is 0 Å². The molecule has 0 aliphatic heterocycles. The Kier molecular flexibility index (Phi) is 13.1. The number of para-hydroxylation sites is 1. The van der Waals surface area contributed by atoms with Crippen LogP contribution in [0.3, 0.4) is 0 Å². The van der Waals surface area contributed by atoms with Crippen LogP contribution in [-0.4, -0.2) is 9.55 Å². The third-order valence-electron chi connectivity index (χ3n) is 11.4. The van der Waals surface area contributed by atoms with Crippen LogP contribution in [0.1, 0.15) is 96.7 Å². The summed E-state index contributed by atoms with van der Waals surface area (Å²) in [5.41, 5.74) is 17.6. The molecule has 2 aliphatic carbocycles. The first-order valence-electron chi connectivity index (χ1n) is 21.4. The fourth-order valence-electron chi connectivity index (χ4n) is 8.44. The number of allylic oxidation sites excluding steroid dienone is 6. The molecule has 2 heterocycles. The molecule has 7 aromatic rings. The molecular formula is C56H57N3. The highest BCUT2D eigenvalue weighted by molar-refractivity contribution is 6.11. The van der Waals surface area contributed by atoms with E-state index in [1.165, 1.54) is 33.0 Å². The third kappa shape index (κ3) is 7.64. The van der Waals surface area contributed by atoms with Gasteiger partial charge in [-0.05, 0) is 107 Å². The second-order valence-corrected chi connectivity index (χ2v) is 14.7. The molecule has 0 radical (unpaired) electrons. The number of fused-ring (bicyclic) bond motifs is 5. The number of pyridine rings is 1. The van der Waals surface area contributed by atoms with Crippen molar-refractivity contribution >= 4 is 33.5 Å². The van der Waals surface area contributed by atoms with E-state index in [0.717, 1.165) is 74.3 Å². The van der Waals surface area contributed by atoms with Gasteiger partial charge in [0, 0.05) is 38.7 Å². The monoisotopic (exact) mass is 771 g/mol. The largest absolute Gasteiger partial charge is 0.309 e. The molecule has 2 aliphatic rings.